The van der Waals surface area contributed by atoms with E-state index in [4.69, 9.17) is 4.74 Å². The molecule has 18 heavy (non-hydrogen) atoms. The van der Waals surface area contributed by atoms with Gasteiger partial charge >= 0.3 is 5.97 Å². The van der Waals surface area contributed by atoms with Crippen LogP contribution in [-0.4, -0.2) is 34.9 Å². The van der Waals surface area contributed by atoms with E-state index in [9.17, 15) is 9.90 Å². The Morgan fingerprint density at radius 1 is 1.39 bits per heavy atom. The zero-order chi connectivity index (χ0) is 13.8. The molecule has 1 saturated carbocycles. The first-order valence-electron chi connectivity index (χ1n) is 6.94. The van der Waals surface area contributed by atoms with Gasteiger partial charge in [0.05, 0.1) is 5.60 Å². The van der Waals surface area contributed by atoms with Crippen molar-refractivity contribution in [1.29, 1.82) is 0 Å². The summed E-state index contributed by atoms with van der Waals surface area (Å²) in [5, 5.41) is 12.8. The SMILES string of the molecule is CCC(CCCOC(C)(C)C)(NC1CC1)C(=O)O. The van der Waals surface area contributed by atoms with E-state index in [1.165, 1.54) is 0 Å². The summed E-state index contributed by atoms with van der Waals surface area (Å²) in [6.07, 6.45) is 4.23. The standard InChI is InChI=1S/C14H27NO3/c1-5-14(12(16)17,15-11-7-8-11)9-6-10-18-13(2,3)4/h11,15H,5-10H2,1-4H3,(H,16,17). The normalized spacial score (nSPS) is 19.6. The van der Waals surface area contributed by atoms with Gasteiger partial charge in [0, 0.05) is 12.6 Å². The zero-order valence-corrected chi connectivity index (χ0v) is 12.1. The van der Waals surface area contributed by atoms with Crippen molar-refractivity contribution in [3.63, 3.8) is 0 Å². The van der Waals surface area contributed by atoms with Gasteiger partial charge in [-0.2, -0.15) is 0 Å². The van der Waals surface area contributed by atoms with Crippen LogP contribution < -0.4 is 5.32 Å². The van der Waals surface area contributed by atoms with Crippen LogP contribution in [0.5, 0.6) is 0 Å². The van der Waals surface area contributed by atoms with Crippen molar-refractivity contribution in [1.82, 2.24) is 5.32 Å². The lowest BCUT2D eigenvalue weighted by Crippen LogP contribution is -2.52. The summed E-state index contributed by atoms with van der Waals surface area (Å²) in [7, 11) is 0. The Labute approximate surface area is 110 Å². The summed E-state index contributed by atoms with van der Waals surface area (Å²) in [5.74, 6) is -0.729. The average Bonchev–Trinajstić information content (AvgIpc) is 3.04. The molecule has 0 spiro atoms. The molecule has 1 rings (SSSR count). The molecule has 0 aromatic carbocycles. The predicted octanol–water partition coefficient (Wildman–Crippen LogP) is 2.57. The van der Waals surface area contributed by atoms with E-state index >= 15 is 0 Å². The Hall–Kier alpha value is -0.610. The minimum absolute atomic E-state index is 0.151. The molecule has 0 aromatic rings. The molecule has 1 aliphatic carbocycles. The van der Waals surface area contributed by atoms with Gasteiger partial charge in [-0.1, -0.05) is 6.92 Å². The second kappa shape index (κ2) is 6.02. The van der Waals surface area contributed by atoms with Gasteiger partial charge < -0.3 is 9.84 Å². The van der Waals surface area contributed by atoms with E-state index in [0.29, 0.717) is 25.5 Å². The fraction of sp³-hybridized carbons (Fsp3) is 0.929. The number of ether oxygens (including phenoxy) is 1. The van der Waals surface area contributed by atoms with Gasteiger partial charge in [0.2, 0.25) is 0 Å². The molecule has 0 aromatic heterocycles. The highest BCUT2D eigenvalue weighted by Gasteiger charge is 2.40. The second-order valence-corrected chi connectivity index (χ2v) is 6.22. The minimum Gasteiger partial charge on any atom is -0.480 e. The molecule has 0 saturated heterocycles. The number of aliphatic carboxylic acids is 1. The van der Waals surface area contributed by atoms with Gasteiger partial charge in [-0.25, -0.2) is 0 Å². The number of carbonyl (C=O) groups is 1. The van der Waals surface area contributed by atoms with Gasteiger partial charge in [-0.05, 0) is 52.9 Å². The van der Waals surface area contributed by atoms with Crippen LogP contribution in [-0.2, 0) is 9.53 Å². The van der Waals surface area contributed by atoms with Gasteiger partial charge in [-0.3, -0.25) is 10.1 Å². The van der Waals surface area contributed by atoms with Crippen LogP contribution in [0.2, 0.25) is 0 Å². The van der Waals surface area contributed by atoms with Crippen LogP contribution in [0.3, 0.4) is 0 Å². The third-order valence-electron chi connectivity index (χ3n) is 3.35. The molecule has 106 valence electrons. The van der Waals surface area contributed by atoms with E-state index in [0.717, 1.165) is 19.3 Å². The third kappa shape index (κ3) is 4.94. The van der Waals surface area contributed by atoms with Crippen LogP contribution in [0.4, 0.5) is 0 Å². The monoisotopic (exact) mass is 257 g/mol. The lowest BCUT2D eigenvalue weighted by molar-refractivity contribution is -0.145. The van der Waals surface area contributed by atoms with Gasteiger partial charge in [0.25, 0.3) is 0 Å². The van der Waals surface area contributed by atoms with Gasteiger partial charge in [-0.15, -0.1) is 0 Å². The number of rotatable bonds is 8. The van der Waals surface area contributed by atoms with Crippen LogP contribution in [0, 0.1) is 0 Å². The molecule has 1 atom stereocenters. The predicted molar refractivity (Wildman–Crippen MR) is 71.8 cm³/mol. The highest BCUT2D eigenvalue weighted by atomic mass is 16.5. The van der Waals surface area contributed by atoms with E-state index in [1.807, 2.05) is 27.7 Å². The summed E-state index contributed by atoms with van der Waals surface area (Å²) in [6.45, 7) is 8.60. The third-order valence-corrected chi connectivity index (χ3v) is 3.35. The molecule has 0 aliphatic heterocycles. The zero-order valence-electron chi connectivity index (χ0n) is 12.1. The molecule has 0 bridgehead atoms. The molecule has 0 heterocycles. The molecule has 4 heteroatoms. The van der Waals surface area contributed by atoms with Crippen LogP contribution in [0.15, 0.2) is 0 Å². The first kappa shape index (κ1) is 15.4. The minimum atomic E-state index is -0.761. The number of carboxylic acid groups (broad SMARTS) is 1. The summed E-state index contributed by atoms with van der Waals surface area (Å²) in [6, 6.07) is 0.407. The summed E-state index contributed by atoms with van der Waals surface area (Å²) in [4.78, 5) is 11.5. The highest BCUT2D eigenvalue weighted by Crippen LogP contribution is 2.27. The van der Waals surface area contributed by atoms with Crippen molar-refractivity contribution >= 4 is 5.97 Å². The topological polar surface area (TPSA) is 58.6 Å². The van der Waals surface area contributed by atoms with E-state index in [-0.39, 0.29) is 5.60 Å². The van der Waals surface area contributed by atoms with Crippen molar-refractivity contribution in [3.8, 4) is 0 Å². The van der Waals surface area contributed by atoms with E-state index in [2.05, 4.69) is 5.32 Å². The molecular weight excluding hydrogens is 230 g/mol. The number of carboxylic acids is 1. The second-order valence-electron chi connectivity index (χ2n) is 6.22. The molecule has 0 amide bonds. The highest BCUT2D eigenvalue weighted by molar-refractivity contribution is 5.78. The first-order chi connectivity index (χ1) is 8.29. The number of nitrogens with one attached hydrogen (secondary N) is 1. The molecular formula is C14H27NO3. The van der Waals surface area contributed by atoms with Crippen molar-refractivity contribution in [2.45, 2.75) is 77.0 Å². The Kier molecular flexibility index (Phi) is 5.17. The maximum atomic E-state index is 11.5. The molecule has 4 nitrogen and oxygen atoms in total. The number of hydrogen-bond acceptors (Lipinski definition) is 3. The smallest absolute Gasteiger partial charge is 0.323 e. The maximum absolute atomic E-state index is 11.5. The Morgan fingerprint density at radius 3 is 2.39 bits per heavy atom. The molecule has 0 radical (unpaired) electrons. The van der Waals surface area contributed by atoms with Crippen molar-refractivity contribution in [2.75, 3.05) is 6.61 Å². The Balaban J connectivity index is 2.42. The van der Waals surface area contributed by atoms with Crippen LogP contribution in [0.1, 0.15) is 59.8 Å². The van der Waals surface area contributed by atoms with Gasteiger partial charge in [0.15, 0.2) is 0 Å². The maximum Gasteiger partial charge on any atom is 0.323 e. The number of hydrogen-bond donors (Lipinski definition) is 2. The lowest BCUT2D eigenvalue weighted by Gasteiger charge is -2.30. The molecule has 1 aliphatic rings. The molecule has 1 unspecified atom stereocenters. The molecule has 2 N–H and O–H groups in total. The van der Waals surface area contributed by atoms with Crippen LogP contribution >= 0.6 is 0 Å². The fourth-order valence-corrected chi connectivity index (χ4v) is 2.04. The van der Waals surface area contributed by atoms with Crippen molar-refractivity contribution in [2.24, 2.45) is 0 Å². The Bertz CT molecular complexity index is 281. The van der Waals surface area contributed by atoms with E-state index < -0.39 is 11.5 Å². The van der Waals surface area contributed by atoms with Crippen molar-refractivity contribution in [3.05, 3.63) is 0 Å². The molecule has 1 fully saturated rings. The Morgan fingerprint density at radius 2 is 2.00 bits per heavy atom. The van der Waals surface area contributed by atoms with Gasteiger partial charge in [0.1, 0.15) is 5.54 Å². The first-order valence-corrected chi connectivity index (χ1v) is 6.94. The quantitative estimate of drug-likeness (QED) is 0.656. The summed E-state index contributed by atoms with van der Waals surface area (Å²) < 4.78 is 5.65. The van der Waals surface area contributed by atoms with Crippen LogP contribution in [0.25, 0.3) is 0 Å². The largest absolute Gasteiger partial charge is 0.480 e. The average molecular weight is 257 g/mol. The van der Waals surface area contributed by atoms with E-state index in [1.54, 1.807) is 0 Å². The summed E-state index contributed by atoms with van der Waals surface area (Å²) in [5.41, 5.74) is -0.912. The van der Waals surface area contributed by atoms with Crippen molar-refractivity contribution < 1.29 is 14.6 Å². The lowest BCUT2D eigenvalue weighted by atomic mass is 9.90. The summed E-state index contributed by atoms with van der Waals surface area (Å²) >= 11 is 0. The fourth-order valence-electron chi connectivity index (χ4n) is 2.04.